The van der Waals surface area contributed by atoms with Crippen LogP contribution in [0.5, 0.6) is 5.75 Å². The maximum Gasteiger partial charge on any atom is 0.123 e. The van der Waals surface area contributed by atoms with Gasteiger partial charge in [0, 0.05) is 18.7 Å². The molecule has 1 aliphatic rings. The molecule has 0 saturated heterocycles. The number of aliphatic hydroxyl groups is 1. The third-order valence-electron chi connectivity index (χ3n) is 6.17. The molecular weight excluding hydrogens is 432 g/mol. The highest BCUT2D eigenvalue weighted by Crippen LogP contribution is 2.44. The van der Waals surface area contributed by atoms with Crippen molar-refractivity contribution in [2.75, 3.05) is 38.3 Å². The number of fused-ring (bicyclic) bond motifs is 2. The third kappa shape index (κ3) is 4.98. The summed E-state index contributed by atoms with van der Waals surface area (Å²) in [7, 11) is 0.957. The first kappa shape index (κ1) is 23.5. The van der Waals surface area contributed by atoms with Crippen LogP contribution >= 0.6 is 0 Å². The highest BCUT2D eigenvalue weighted by molar-refractivity contribution is 7.85. The van der Waals surface area contributed by atoms with Crippen molar-refractivity contribution in [3.8, 4) is 5.75 Å². The Morgan fingerprint density at radius 3 is 2.58 bits per heavy atom. The van der Waals surface area contributed by atoms with E-state index in [1.807, 2.05) is 42.5 Å². The van der Waals surface area contributed by atoms with Gasteiger partial charge < -0.3 is 19.6 Å². The molecule has 0 bridgehead atoms. The topological polar surface area (TPSA) is 53.0 Å². The van der Waals surface area contributed by atoms with Crippen molar-refractivity contribution in [2.45, 2.75) is 36.6 Å². The molecule has 0 aromatic heterocycles. The molecule has 33 heavy (non-hydrogen) atoms. The van der Waals surface area contributed by atoms with Crippen LogP contribution in [0.1, 0.15) is 23.1 Å². The lowest BCUT2D eigenvalue weighted by atomic mass is 10.1. The molecule has 0 spiro atoms. The number of nitrogens with zero attached hydrogens (tertiary/aromatic N) is 2. The molecule has 0 radical (unpaired) electrons. The number of benzene rings is 3. The van der Waals surface area contributed by atoms with Crippen molar-refractivity contribution in [1.82, 2.24) is 4.90 Å². The lowest BCUT2D eigenvalue weighted by Crippen LogP contribution is -2.29. The molecule has 6 heteroatoms. The van der Waals surface area contributed by atoms with Gasteiger partial charge in [0.1, 0.15) is 12.4 Å². The van der Waals surface area contributed by atoms with E-state index in [1.54, 1.807) is 0 Å². The van der Waals surface area contributed by atoms with Gasteiger partial charge in [0.15, 0.2) is 0 Å². The lowest BCUT2D eigenvalue weighted by Gasteiger charge is -2.35. The normalized spacial score (nSPS) is 14.8. The Morgan fingerprint density at radius 2 is 1.76 bits per heavy atom. The molecule has 1 aliphatic heterocycles. The molecule has 1 N–H and O–H groups in total. The lowest BCUT2D eigenvalue weighted by molar-refractivity contribution is 0.198. The highest BCUT2D eigenvalue weighted by atomic mass is 32.2. The fraction of sp³-hybridized carbons (Fsp3) is 0.333. The Labute approximate surface area is 199 Å². The maximum absolute atomic E-state index is 13.3. The minimum absolute atomic E-state index is 0.00658. The van der Waals surface area contributed by atoms with Gasteiger partial charge in [-0.25, -0.2) is 4.21 Å². The molecule has 4 rings (SSSR count). The summed E-state index contributed by atoms with van der Waals surface area (Å²) < 4.78 is 18.9. The van der Waals surface area contributed by atoms with E-state index in [0.29, 0.717) is 6.61 Å². The van der Waals surface area contributed by atoms with Crippen LogP contribution in [-0.2, 0) is 17.3 Å². The summed E-state index contributed by atoms with van der Waals surface area (Å²) >= 11 is 0. The second kappa shape index (κ2) is 10.5. The van der Waals surface area contributed by atoms with E-state index >= 15 is 0 Å². The molecule has 1 unspecified atom stereocenters. The molecule has 0 amide bonds. The number of anilines is 2. The minimum Gasteiger partial charge on any atom is -0.491 e. The zero-order chi connectivity index (χ0) is 23.4. The van der Waals surface area contributed by atoms with Gasteiger partial charge in [-0.1, -0.05) is 36.4 Å². The van der Waals surface area contributed by atoms with Crippen molar-refractivity contribution in [3.05, 3.63) is 77.4 Å². The SMILES string of the molecule is Cc1ccc2c(c1C)N(CCCN(C)Cc1ccccc1OCCO)c1ccccc1S2=O. The molecule has 0 aliphatic carbocycles. The van der Waals surface area contributed by atoms with Crippen LogP contribution in [0.3, 0.4) is 0 Å². The van der Waals surface area contributed by atoms with Gasteiger partial charge in [-0.2, -0.15) is 0 Å². The summed E-state index contributed by atoms with van der Waals surface area (Å²) in [5.74, 6) is 0.825. The van der Waals surface area contributed by atoms with Crippen LogP contribution in [0.2, 0.25) is 0 Å². The molecule has 1 atom stereocenters. The summed E-state index contributed by atoms with van der Waals surface area (Å²) in [5, 5.41) is 9.07. The number of hydrogen-bond donors (Lipinski definition) is 1. The van der Waals surface area contributed by atoms with Crippen LogP contribution in [0, 0.1) is 13.8 Å². The van der Waals surface area contributed by atoms with Gasteiger partial charge in [0.2, 0.25) is 0 Å². The van der Waals surface area contributed by atoms with Gasteiger partial charge in [-0.3, -0.25) is 0 Å². The van der Waals surface area contributed by atoms with E-state index < -0.39 is 10.8 Å². The molecule has 3 aromatic rings. The van der Waals surface area contributed by atoms with Gasteiger partial charge in [0.25, 0.3) is 0 Å². The van der Waals surface area contributed by atoms with E-state index in [-0.39, 0.29) is 6.61 Å². The monoisotopic (exact) mass is 464 g/mol. The maximum atomic E-state index is 13.3. The largest absolute Gasteiger partial charge is 0.491 e. The Kier molecular flexibility index (Phi) is 7.48. The molecule has 174 valence electrons. The molecular formula is C27H32N2O3S. The first-order chi connectivity index (χ1) is 16.0. The van der Waals surface area contributed by atoms with Gasteiger partial charge in [-0.15, -0.1) is 0 Å². The quantitative estimate of drug-likeness (QED) is 0.492. The van der Waals surface area contributed by atoms with Crippen molar-refractivity contribution in [1.29, 1.82) is 0 Å². The van der Waals surface area contributed by atoms with Crippen molar-refractivity contribution < 1.29 is 14.1 Å². The standard InChI is InChI=1S/C27H32N2O3S/c1-20-13-14-26-27(21(20)2)29(23-10-5-7-12-25(23)33(26)31)16-8-15-28(3)19-22-9-4-6-11-24(22)32-18-17-30/h4-7,9-14,30H,8,15-19H2,1-3H3. The second-order valence-corrected chi connectivity index (χ2v) is 9.93. The molecule has 1 heterocycles. The Morgan fingerprint density at radius 1 is 1.00 bits per heavy atom. The summed E-state index contributed by atoms with van der Waals surface area (Å²) in [6, 6.07) is 20.1. The number of para-hydroxylation sites is 2. The van der Waals surface area contributed by atoms with Gasteiger partial charge in [-0.05, 0) is 69.3 Å². The van der Waals surface area contributed by atoms with E-state index in [1.165, 1.54) is 11.1 Å². The number of hydrogen-bond acceptors (Lipinski definition) is 5. The van der Waals surface area contributed by atoms with E-state index in [0.717, 1.165) is 58.5 Å². The average Bonchev–Trinajstić information content (AvgIpc) is 2.82. The highest BCUT2D eigenvalue weighted by Gasteiger charge is 2.29. The van der Waals surface area contributed by atoms with Gasteiger partial charge >= 0.3 is 0 Å². The minimum atomic E-state index is -1.16. The van der Waals surface area contributed by atoms with Crippen LogP contribution < -0.4 is 9.64 Å². The fourth-order valence-electron chi connectivity index (χ4n) is 4.37. The van der Waals surface area contributed by atoms with Crippen molar-refractivity contribution >= 4 is 22.2 Å². The zero-order valence-electron chi connectivity index (χ0n) is 19.6. The smallest absolute Gasteiger partial charge is 0.123 e. The Balaban J connectivity index is 1.49. The predicted molar refractivity (Wildman–Crippen MR) is 134 cm³/mol. The first-order valence-corrected chi connectivity index (χ1v) is 12.5. The van der Waals surface area contributed by atoms with Crippen molar-refractivity contribution in [2.24, 2.45) is 0 Å². The number of aliphatic hydroxyl groups excluding tert-OH is 1. The molecule has 5 nitrogen and oxygen atoms in total. The van der Waals surface area contributed by atoms with E-state index in [2.05, 4.69) is 48.9 Å². The Bertz CT molecular complexity index is 1150. The average molecular weight is 465 g/mol. The third-order valence-corrected chi connectivity index (χ3v) is 7.65. The van der Waals surface area contributed by atoms with Gasteiger partial charge in [0.05, 0.1) is 38.6 Å². The van der Waals surface area contributed by atoms with Crippen LogP contribution in [0.4, 0.5) is 11.4 Å². The molecule has 0 saturated carbocycles. The molecule has 0 fully saturated rings. The Hall–Kier alpha value is -2.67. The van der Waals surface area contributed by atoms with Crippen molar-refractivity contribution in [3.63, 3.8) is 0 Å². The van der Waals surface area contributed by atoms with E-state index in [9.17, 15) is 4.21 Å². The second-order valence-electron chi connectivity index (χ2n) is 8.51. The number of ether oxygens (including phenoxy) is 1. The summed E-state index contributed by atoms with van der Waals surface area (Å²) in [4.78, 5) is 6.43. The van der Waals surface area contributed by atoms with Crippen LogP contribution in [0.15, 0.2) is 70.5 Å². The summed E-state index contributed by atoms with van der Waals surface area (Å²) in [6.45, 7) is 7.08. The predicted octanol–water partition coefficient (Wildman–Crippen LogP) is 4.81. The first-order valence-electron chi connectivity index (χ1n) is 11.4. The van der Waals surface area contributed by atoms with Crippen LogP contribution in [-0.4, -0.2) is 47.6 Å². The number of rotatable bonds is 9. The van der Waals surface area contributed by atoms with Crippen LogP contribution in [0.25, 0.3) is 0 Å². The molecule has 3 aromatic carbocycles. The summed E-state index contributed by atoms with van der Waals surface area (Å²) in [5.41, 5.74) is 5.66. The van der Waals surface area contributed by atoms with E-state index in [4.69, 9.17) is 9.84 Å². The summed E-state index contributed by atoms with van der Waals surface area (Å²) in [6.07, 6.45) is 0.962. The zero-order valence-corrected chi connectivity index (χ0v) is 20.4. The number of aryl methyl sites for hydroxylation is 1. The fourth-order valence-corrected chi connectivity index (χ4v) is 5.81.